The van der Waals surface area contributed by atoms with Crippen LogP contribution < -0.4 is 10.6 Å². The van der Waals surface area contributed by atoms with Crippen LogP contribution in [0.15, 0.2) is 59.6 Å². The molecule has 182 valence electrons. The molecule has 0 spiro atoms. The molecule has 5 nitrogen and oxygen atoms in total. The zero-order valence-electron chi connectivity index (χ0n) is 18.6. The van der Waals surface area contributed by atoms with E-state index in [4.69, 9.17) is 4.74 Å². The molecule has 0 aromatic heterocycles. The Labute approximate surface area is 210 Å². The minimum absolute atomic E-state index is 0. The third-order valence-electron chi connectivity index (χ3n) is 5.35. The number of ether oxygens (including phenoxy) is 2. The number of nitrogens with zero attached hydrogens (tertiary/aromatic N) is 1. The van der Waals surface area contributed by atoms with E-state index in [0.29, 0.717) is 24.0 Å². The average molecular weight is 577 g/mol. The fraction of sp³-hybridized carbons (Fsp3) is 0.458. The van der Waals surface area contributed by atoms with E-state index in [1.165, 1.54) is 5.56 Å². The van der Waals surface area contributed by atoms with E-state index in [0.717, 1.165) is 31.6 Å². The molecule has 1 aliphatic rings. The lowest BCUT2D eigenvalue weighted by molar-refractivity contribution is -0.176. The van der Waals surface area contributed by atoms with Crippen LogP contribution in [0.4, 0.5) is 13.2 Å². The van der Waals surface area contributed by atoms with Gasteiger partial charge in [0.15, 0.2) is 5.96 Å². The molecule has 9 heteroatoms. The fourth-order valence-electron chi connectivity index (χ4n) is 3.74. The van der Waals surface area contributed by atoms with E-state index in [9.17, 15) is 13.2 Å². The van der Waals surface area contributed by atoms with Crippen LogP contribution in [0.5, 0.6) is 0 Å². The highest BCUT2D eigenvalue weighted by atomic mass is 127. The van der Waals surface area contributed by atoms with Gasteiger partial charge in [-0.15, -0.1) is 24.0 Å². The van der Waals surface area contributed by atoms with Crippen molar-refractivity contribution in [1.29, 1.82) is 0 Å². The number of rotatable bonds is 8. The molecule has 0 amide bonds. The standard InChI is InChI=1S/C24H30F3N3O2.HI/c1-28-23(29-14-18-9-11-19(12-10-18)16-31-17-24(25,26)27)30-15-21-8-5-13-32-22(21)20-6-3-2-4-7-20;/h2-4,6-7,9-12,21-22H,5,8,13-17H2,1H3,(H2,28,29,30);1H. The molecule has 3 rings (SSSR count). The maximum Gasteiger partial charge on any atom is 0.411 e. The zero-order valence-corrected chi connectivity index (χ0v) is 20.9. The van der Waals surface area contributed by atoms with Gasteiger partial charge in [-0.2, -0.15) is 13.2 Å². The lowest BCUT2D eigenvalue weighted by Crippen LogP contribution is -2.41. The lowest BCUT2D eigenvalue weighted by atomic mass is 9.89. The van der Waals surface area contributed by atoms with Crippen LogP contribution in [0.25, 0.3) is 0 Å². The van der Waals surface area contributed by atoms with Crippen molar-refractivity contribution in [3.05, 3.63) is 71.3 Å². The summed E-state index contributed by atoms with van der Waals surface area (Å²) in [6.07, 6.45) is -2.11. The number of halogens is 4. The Morgan fingerprint density at radius 3 is 2.42 bits per heavy atom. The lowest BCUT2D eigenvalue weighted by Gasteiger charge is -2.32. The van der Waals surface area contributed by atoms with Gasteiger partial charge in [-0.05, 0) is 29.5 Å². The normalized spacial score (nSPS) is 19.0. The first-order valence-corrected chi connectivity index (χ1v) is 10.8. The second-order valence-corrected chi connectivity index (χ2v) is 7.84. The summed E-state index contributed by atoms with van der Waals surface area (Å²) in [5, 5.41) is 6.68. The molecule has 1 heterocycles. The highest BCUT2D eigenvalue weighted by molar-refractivity contribution is 14.0. The summed E-state index contributed by atoms with van der Waals surface area (Å²) in [7, 11) is 1.72. The van der Waals surface area contributed by atoms with Gasteiger partial charge in [-0.3, -0.25) is 4.99 Å². The Kier molecular flexibility index (Phi) is 11.4. The molecule has 33 heavy (non-hydrogen) atoms. The molecule has 0 radical (unpaired) electrons. The summed E-state index contributed by atoms with van der Waals surface area (Å²) in [4.78, 5) is 4.29. The summed E-state index contributed by atoms with van der Waals surface area (Å²) in [5.41, 5.74) is 2.89. The number of alkyl halides is 3. The molecule has 2 unspecified atom stereocenters. The van der Waals surface area contributed by atoms with Crippen LogP contribution in [-0.4, -0.2) is 38.9 Å². The highest BCUT2D eigenvalue weighted by Crippen LogP contribution is 2.33. The molecule has 0 saturated carbocycles. The van der Waals surface area contributed by atoms with Crippen molar-refractivity contribution in [3.8, 4) is 0 Å². The molecule has 1 aliphatic heterocycles. The molecule has 0 aliphatic carbocycles. The van der Waals surface area contributed by atoms with Crippen LogP contribution in [0.1, 0.15) is 35.6 Å². The van der Waals surface area contributed by atoms with Gasteiger partial charge in [0.2, 0.25) is 0 Å². The second kappa shape index (κ2) is 13.8. The number of benzene rings is 2. The van der Waals surface area contributed by atoms with E-state index in [1.54, 1.807) is 19.2 Å². The van der Waals surface area contributed by atoms with E-state index < -0.39 is 12.8 Å². The highest BCUT2D eigenvalue weighted by Gasteiger charge is 2.28. The molecular formula is C24H31F3IN3O2. The Hall–Kier alpha value is -1.85. The van der Waals surface area contributed by atoms with Crippen molar-refractivity contribution in [2.45, 2.75) is 38.3 Å². The first kappa shape index (κ1) is 27.4. The topological polar surface area (TPSA) is 54.9 Å². The first-order valence-electron chi connectivity index (χ1n) is 10.8. The minimum atomic E-state index is -4.31. The van der Waals surface area contributed by atoms with E-state index in [-0.39, 0.29) is 36.7 Å². The van der Waals surface area contributed by atoms with Gasteiger partial charge in [0.1, 0.15) is 6.61 Å². The van der Waals surface area contributed by atoms with Crippen molar-refractivity contribution in [1.82, 2.24) is 10.6 Å². The third kappa shape index (κ3) is 9.50. The number of hydrogen-bond acceptors (Lipinski definition) is 3. The summed E-state index contributed by atoms with van der Waals surface area (Å²) < 4.78 is 47.2. The predicted molar refractivity (Wildman–Crippen MR) is 134 cm³/mol. The van der Waals surface area contributed by atoms with Gasteiger partial charge in [-0.25, -0.2) is 0 Å². The molecule has 2 aromatic rings. The van der Waals surface area contributed by atoms with Gasteiger partial charge in [0.05, 0.1) is 12.7 Å². The largest absolute Gasteiger partial charge is 0.411 e. The maximum atomic E-state index is 12.2. The molecule has 0 bridgehead atoms. The van der Waals surface area contributed by atoms with Crippen molar-refractivity contribution in [3.63, 3.8) is 0 Å². The summed E-state index contributed by atoms with van der Waals surface area (Å²) in [5.74, 6) is 1.04. The van der Waals surface area contributed by atoms with Crippen LogP contribution in [0.3, 0.4) is 0 Å². The Morgan fingerprint density at radius 1 is 1.06 bits per heavy atom. The fourth-order valence-corrected chi connectivity index (χ4v) is 3.74. The van der Waals surface area contributed by atoms with Gasteiger partial charge in [0, 0.05) is 32.7 Å². The predicted octanol–water partition coefficient (Wildman–Crippen LogP) is 5.22. The smallest absolute Gasteiger partial charge is 0.373 e. The first-order chi connectivity index (χ1) is 15.4. The SMILES string of the molecule is CN=C(NCc1ccc(COCC(F)(F)F)cc1)NCC1CCCOC1c1ccccc1.I. The Balaban J connectivity index is 0.00000385. The van der Waals surface area contributed by atoms with Gasteiger partial charge in [-0.1, -0.05) is 54.6 Å². The monoisotopic (exact) mass is 577 g/mol. The van der Waals surface area contributed by atoms with E-state index >= 15 is 0 Å². The van der Waals surface area contributed by atoms with E-state index in [2.05, 4.69) is 32.5 Å². The number of nitrogens with one attached hydrogen (secondary N) is 2. The van der Waals surface area contributed by atoms with Crippen molar-refractivity contribution >= 4 is 29.9 Å². The summed E-state index contributed by atoms with van der Waals surface area (Å²) in [6.45, 7) is 0.763. The second-order valence-electron chi connectivity index (χ2n) is 7.84. The van der Waals surface area contributed by atoms with Crippen molar-refractivity contribution < 1.29 is 22.6 Å². The Bertz CT molecular complexity index is 848. The maximum absolute atomic E-state index is 12.2. The number of hydrogen-bond donors (Lipinski definition) is 2. The van der Waals surface area contributed by atoms with Gasteiger partial charge < -0.3 is 20.1 Å². The van der Waals surface area contributed by atoms with Crippen LogP contribution in [0.2, 0.25) is 0 Å². The van der Waals surface area contributed by atoms with Crippen LogP contribution in [-0.2, 0) is 22.6 Å². The third-order valence-corrected chi connectivity index (χ3v) is 5.35. The summed E-state index contributed by atoms with van der Waals surface area (Å²) >= 11 is 0. The van der Waals surface area contributed by atoms with Gasteiger partial charge >= 0.3 is 6.18 Å². The van der Waals surface area contributed by atoms with E-state index in [1.807, 2.05) is 30.3 Å². The minimum Gasteiger partial charge on any atom is -0.373 e. The van der Waals surface area contributed by atoms with Crippen molar-refractivity contribution in [2.24, 2.45) is 10.9 Å². The molecule has 1 fully saturated rings. The molecule has 1 saturated heterocycles. The number of aliphatic imine (C=N–C) groups is 1. The van der Waals surface area contributed by atoms with Crippen LogP contribution in [0, 0.1) is 5.92 Å². The quantitative estimate of drug-likeness (QED) is 0.257. The molecule has 2 aromatic carbocycles. The average Bonchev–Trinajstić information content (AvgIpc) is 2.80. The summed E-state index contributed by atoms with van der Waals surface area (Å²) in [6, 6.07) is 17.6. The van der Waals surface area contributed by atoms with Gasteiger partial charge in [0.25, 0.3) is 0 Å². The zero-order chi connectivity index (χ0) is 22.8. The molecule has 2 N–H and O–H groups in total. The molecular weight excluding hydrogens is 546 g/mol. The van der Waals surface area contributed by atoms with Crippen LogP contribution >= 0.6 is 24.0 Å². The molecule has 2 atom stereocenters. The Morgan fingerprint density at radius 2 is 1.76 bits per heavy atom. The van der Waals surface area contributed by atoms with Crippen molar-refractivity contribution in [2.75, 3.05) is 26.8 Å². The number of guanidine groups is 1.